The molecule has 0 N–H and O–H groups in total. The zero-order valence-electron chi connectivity index (χ0n) is 15.4. The average Bonchev–Trinajstić information content (AvgIpc) is 2.92. The Hall–Kier alpha value is -2.30. The van der Waals surface area contributed by atoms with Crippen LogP contribution in [0.3, 0.4) is 0 Å². The predicted molar refractivity (Wildman–Crippen MR) is 94.7 cm³/mol. The molecule has 0 radical (unpaired) electrons. The van der Waals surface area contributed by atoms with Crippen LogP contribution < -0.4 is 4.74 Å². The molecule has 2 heterocycles. The van der Waals surface area contributed by atoms with Crippen molar-refractivity contribution in [3.8, 4) is 5.75 Å². The van der Waals surface area contributed by atoms with Crippen LogP contribution in [0.15, 0.2) is 24.0 Å². The molecule has 5 rings (SSSR count). The first kappa shape index (κ1) is 15.9. The Morgan fingerprint density at radius 2 is 2.12 bits per heavy atom. The number of allylic oxidation sites excluding steroid dienone is 1. The second-order valence-corrected chi connectivity index (χ2v) is 8.06. The van der Waals surface area contributed by atoms with Gasteiger partial charge in [-0.3, -0.25) is 9.59 Å². The molecule has 2 aliphatic heterocycles. The third-order valence-electron chi connectivity index (χ3n) is 6.83. The predicted octanol–water partition coefficient (Wildman–Crippen LogP) is 2.64. The zero-order valence-corrected chi connectivity index (χ0v) is 15.4. The van der Waals surface area contributed by atoms with Gasteiger partial charge in [-0.1, -0.05) is 12.1 Å². The number of benzene rings is 1. The van der Waals surface area contributed by atoms with Crippen molar-refractivity contribution < 1.29 is 19.1 Å². The van der Waals surface area contributed by atoms with Gasteiger partial charge in [0.1, 0.15) is 11.5 Å². The first-order valence-electron chi connectivity index (χ1n) is 9.38. The first-order valence-corrected chi connectivity index (χ1v) is 9.38. The third kappa shape index (κ3) is 1.81. The van der Waals surface area contributed by atoms with E-state index in [9.17, 15) is 9.59 Å². The van der Waals surface area contributed by atoms with Crippen LogP contribution in [-0.2, 0) is 26.2 Å². The Bertz CT molecular complexity index is 873. The number of carbonyl (C=O) groups is 2. The largest absolute Gasteiger partial charge is 0.481 e. The number of piperidine rings is 1. The Balaban J connectivity index is 1.73. The lowest BCUT2D eigenvalue weighted by molar-refractivity contribution is -0.142. The molecule has 5 heteroatoms. The van der Waals surface area contributed by atoms with Gasteiger partial charge in [-0.05, 0) is 49.3 Å². The summed E-state index contributed by atoms with van der Waals surface area (Å²) in [6.07, 6.45) is 4.28. The lowest BCUT2D eigenvalue weighted by Gasteiger charge is -2.57. The molecule has 26 heavy (non-hydrogen) atoms. The van der Waals surface area contributed by atoms with Gasteiger partial charge < -0.3 is 14.4 Å². The highest BCUT2D eigenvalue weighted by molar-refractivity contribution is 5.75. The van der Waals surface area contributed by atoms with E-state index in [-0.39, 0.29) is 29.4 Å². The molecule has 4 atom stereocenters. The summed E-state index contributed by atoms with van der Waals surface area (Å²) < 4.78 is 12.0. The monoisotopic (exact) mass is 353 g/mol. The van der Waals surface area contributed by atoms with Gasteiger partial charge in [0.25, 0.3) is 0 Å². The van der Waals surface area contributed by atoms with Gasteiger partial charge in [-0.15, -0.1) is 0 Å². The van der Waals surface area contributed by atoms with E-state index >= 15 is 0 Å². The average molecular weight is 353 g/mol. The number of aryl methyl sites for hydroxylation is 1. The number of likely N-dealkylation sites (tertiary alicyclic amines) is 1. The maximum Gasteiger partial charge on any atom is 0.307 e. The van der Waals surface area contributed by atoms with Crippen molar-refractivity contribution in [3.63, 3.8) is 0 Å². The summed E-state index contributed by atoms with van der Waals surface area (Å²) in [5.41, 5.74) is 3.53. The van der Waals surface area contributed by atoms with Gasteiger partial charge >= 0.3 is 5.97 Å². The summed E-state index contributed by atoms with van der Waals surface area (Å²) in [6.45, 7) is 5.91. The van der Waals surface area contributed by atoms with Crippen LogP contribution in [0.1, 0.15) is 43.4 Å². The summed E-state index contributed by atoms with van der Waals surface area (Å²) in [6, 6.07) is 4.48. The van der Waals surface area contributed by atoms with Crippen LogP contribution >= 0.6 is 0 Å². The standard InChI is InChI=1S/C21H23NO4/c1-11-4-5-14-10-16-15-6-7-17(25-13(3)24)20-21(15,18(14)19(11)26-20)8-9-22(16)12(2)23/h4-5,7,15-16,20H,6,8-10H2,1-3H3/t15-,16+,20?,21?/m1/s1. The van der Waals surface area contributed by atoms with E-state index < -0.39 is 0 Å². The summed E-state index contributed by atoms with van der Waals surface area (Å²) in [4.78, 5) is 25.9. The van der Waals surface area contributed by atoms with Crippen molar-refractivity contribution in [2.24, 2.45) is 5.92 Å². The Morgan fingerprint density at radius 3 is 2.85 bits per heavy atom. The number of carbonyl (C=O) groups excluding carboxylic acids is 2. The van der Waals surface area contributed by atoms with Crippen LogP contribution in [0.25, 0.3) is 0 Å². The molecule has 2 unspecified atom stereocenters. The van der Waals surface area contributed by atoms with E-state index in [1.165, 1.54) is 18.1 Å². The molecule has 136 valence electrons. The minimum Gasteiger partial charge on any atom is -0.481 e. The lowest BCUT2D eigenvalue weighted by Crippen LogP contribution is -2.65. The summed E-state index contributed by atoms with van der Waals surface area (Å²) >= 11 is 0. The number of hydrogen-bond donors (Lipinski definition) is 0. The SMILES string of the molecule is CC(=O)OC1=CC[C@@H]2[C@@H]3Cc4ccc(C)c5c4C2(CCN3C(C)=O)C1O5. The number of hydrogen-bond acceptors (Lipinski definition) is 4. The zero-order chi connectivity index (χ0) is 18.2. The summed E-state index contributed by atoms with van der Waals surface area (Å²) in [7, 11) is 0. The summed E-state index contributed by atoms with van der Waals surface area (Å²) in [5, 5.41) is 0. The smallest absolute Gasteiger partial charge is 0.307 e. The summed E-state index contributed by atoms with van der Waals surface area (Å²) in [5.74, 6) is 1.75. The van der Waals surface area contributed by atoms with Crippen molar-refractivity contribution in [1.29, 1.82) is 0 Å². The van der Waals surface area contributed by atoms with Crippen LogP contribution in [-0.4, -0.2) is 35.5 Å². The van der Waals surface area contributed by atoms with Crippen LogP contribution in [0, 0.1) is 12.8 Å². The normalized spacial score (nSPS) is 33.1. The van der Waals surface area contributed by atoms with Crippen LogP contribution in [0.2, 0.25) is 0 Å². The molecule has 1 amide bonds. The minimum absolute atomic E-state index is 0.144. The van der Waals surface area contributed by atoms with Gasteiger partial charge in [0.05, 0.1) is 5.41 Å². The maximum atomic E-state index is 12.3. The number of nitrogens with zero attached hydrogens (tertiary/aromatic N) is 1. The highest BCUT2D eigenvalue weighted by Crippen LogP contribution is 2.62. The topological polar surface area (TPSA) is 55.8 Å². The molecule has 0 aromatic heterocycles. The van der Waals surface area contributed by atoms with Crippen molar-refractivity contribution in [2.45, 2.75) is 57.6 Å². The molecule has 2 aliphatic carbocycles. The highest BCUT2D eigenvalue weighted by Gasteiger charge is 2.65. The van der Waals surface area contributed by atoms with E-state index in [0.29, 0.717) is 11.7 Å². The Labute approximate surface area is 153 Å². The van der Waals surface area contributed by atoms with E-state index in [0.717, 1.165) is 37.1 Å². The van der Waals surface area contributed by atoms with Crippen LogP contribution in [0.4, 0.5) is 0 Å². The second kappa shape index (κ2) is 5.12. The van der Waals surface area contributed by atoms with Crippen molar-refractivity contribution >= 4 is 11.9 Å². The molecule has 2 bridgehead atoms. The number of amides is 1. The minimum atomic E-state index is -0.309. The molecule has 1 fully saturated rings. The maximum absolute atomic E-state index is 12.3. The van der Waals surface area contributed by atoms with Gasteiger partial charge in [0.15, 0.2) is 6.10 Å². The van der Waals surface area contributed by atoms with E-state index in [2.05, 4.69) is 19.1 Å². The van der Waals surface area contributed by atoms with Gasteiger partial charge in [-0.25, -0.2) is 0 Å². The van der Waals surface area contributed by atoms with Gasteiger partial charge in [-0.2, -0.15) is 0 Å². The highest BCUT2D eigenvalue weighted by atomic mass is 16.6. The van der Waals surface area contributed by atoms with Gasteiger partial charge in [0, 0.05) is 32.0 Å². The van der Waals surface area contributed by atoms with E-state index in [1.807, 2.05) is 11.0 Å². The molecule has 4 aliphatic rings. The molecule has 1 saturated heterocycles. The Morgan fingerprint density at radius 1 is 1.31 bits per heavy atom. The molecule has 1 spiro atoms. The number of ether oxygens (including phenoxy) is 2. The lowest BCUT2D eigenvalue weighted by atomic mass is 9.53. The van der Waals surface area contributed by atoms with Crippen molar-refractivity contribution in [2.75, 3.05) is 6.54 Å². The molecule has 1 aromatic carbocycles. The molecular formula is C21H23NO4. The van der Waals surface area contributed by atoms with Crippen molar-refractivity contribution in [1.82, 2.24) is 4.90 Å². The fourth-order valence-electron chi connectivity index (χ4n) is 5.93. The second-order valence-electron chi connectivity index (χ2n) is 8.06. The number of esters is 1. The van der Waals surface area contributed by atoms with E-state index in [1.54, 1.807) is 6.92 Å². The van der Waals surface area contributed by atoms with Crippen molar-refractivity contribution in [3.05, 3.63) is 40.7 Å². The molecular weight excluding hydrogens is 330 g/mol. The first-order chi connectivity index (χ1) is 12.4. The fourth-order valence-corrected chi connectivity index (χ4v) is 5.93. The van der Waals surface area contributed by atoms with Crippen LogP contribution in [0.5, 0.6) is 5.75 Å². The van der Waals surface area contributed by atoms with Gasteiger partial charge in [0.2, 0.25) is 5.91 Å². The van der Waals surface area contributed by atoms with E-state index in [4.69, 9.17) is 9.47 Å². The molecule has 0 saturated carbocycles. The molecule has 1 aromatic rings. The quantitative estimate of drug-likeness (QED) is 0.729. The Kier molecular flexibility index (Phi) is 3.13. The fraction of sp³-hybridized carbons (Fsp3) is 0.524. The number of rotatable bonds is 1. The third-order valence-corrected chi connectivity index (χ3v) is 6.83. The molecule has 5 nitrogen and oxygen atoms in total.